The lowest BCUT2D eigenvalue weighted by Gasteiger charge is -2.00. The van der Waals surface area contributed by atoms with Crippen LogP contribution in [0.2, 0.25) is 19.6 Å². The van der Waals surface area contributed by atoms with E-state index < -0.39 is 8.07 Å². The average molecular weight is 300 g/mol. The summed E-state index contributed by atoms with van der Waals surface area (Å²) in [7, 11) is 2.64. The minimum Gasteiger partial charge on any atom is -0.276 e. The topological polar surface area (TPSA) is 35.6 Å². The molecule has 21 heavy (non-hydrogen) atoms. The Morgan fingerprint density at radius 3 is 1.62 bits per heavy atom. The van der Waals surface area contributed by atoms with Gasteiger partial charge in [0.05, 0.1) is 18.0 Å². The zero-order valence-corrected chi connectivity index (χ0v) is 14.8. The van der Waals surface area contributed by atoms with Crippen molar-refractivity contribution >= 4 is 8.07 Å². The summed E-state index contributed by atoms with van der Waals surface area (Å²) in [4.78, 5) is 0. The number of terminal acetylenes is 2. The summed E-state index contributed by atoms with van der Waals surface area (Å²) < 4.78 is 3.46. The van der Waals surface area contributed by atoms with Crippen LogP contribution in [0.3, 0.4) is 0 Å². The number of aryl methyl sites for hydroxylation is 3. The first-order chi connectivity index (χ1) is 9.67. The van der Waals surface area contributed by atoms with Crippen molar-refractivity contribution in [3.05, 3.63) is 35.9 Å². The fraction of sp³-hybridized carbons (Fsp3) is 0.375. The first-order valence-corrected chi connectivity index (χ1v) is 10.1. The molecule has 0 amide bonds. The zero-order valence-electron chi connectivity index (χ0n) is 13.8. The van der Waals surface area contributed by atoms with Crippen molar-refractivity contribution < 1.29 is 0 Å². The van der Waals surface area contributed by atoms with Crippen LogP contribution in [0.15, 0.2) is 24.8 Å². The molecule has 0 fully saturated rings. The van der Waals surface area contributed by atoms with Crippen LogP contribution in [-0.2, 0) is 14.1 Å². The van der Waals surface area contributed by atoms with Crippen LogP contribution in [0, 0.1) is 31.2 Å². The van der Waals surface area contributed by atoms with Crippen molar-refractivity contribution in [2.45, 2.75) is 26.6 Å². The molecule has 2 heterocycles. The van der Waals surface area contributed by atoms with Crippen molar-refractivity contribution in [2.75, 3.05) is 0 Å². The minimum atomic E-state index is -1.10. The molecule has 2 aromatic heterocycles. The molecule has 0 radical (unpaired) electrons. The van der Waals surface area contributed by atoms with Crippen LogP contribution < -0.4 is 0 Å². The highest BCUT2D eigenvalue weighted by molar-refractivity contribution is 6.83. The number of nitrogens with zero attached hydrogens (tertiary/aromatic N) is 4. The van der Waals surface area contributed by atoms with E-state index in [-0.39, 0.29) is 0 Å². The number of aromatic nitrogens is 4. The summed E-state index contributed by atoms with van der Waals surface area (Å²) >= 11 is 0. The van der Waals surface area contributed by atoms with E-state index in [1.807, 2.05) is 33.4 Å². The molecule has 0 atom stereocenters. The Balaban J connectivity index is 0.000000290. The van der Waals surface area contributed by atoms with Gasteiger partial charge in [0.1, 0.15) is 8.07 Å². The van der Waals surface area contributed by atoms with E-state index in [2.05, 4.69) is 41.3 Å². The van der Waals surface area contributed by atoms with Crippen LogP contribution in [0.5, 0.6) is 0 Å². The van der Waals surface area contributed by atoms with Crippen molar-refractivity contribution in [1.29, 1.82) is 0 Å². The molecule has 4 nitrogen and oxygen atoms in total. The Morgan fingerprint density at radius 2 is 1.48 bits per heavy atom. The standard InChI is InChI=1S/C6H6N2.C5H8N2.C5H10Si/c1-3-6-4-7-8(2)5-6;1-5-3-6-7(2)4-5;1-5-6(2,3)4/h1,4-5H,2H3;3-4H,1-2H3;1H,2-4H3. The van der Waals surface area contributed by atoms with Crippen molar-refractivity contribution in [3.8, 4) is 24.3 Å². The second kappa shape index (κ2) is 8.83. The van der Waals surface area contributed by atoms with Crippen LogP contribution >= 0.6 is 0 Å². The maximum Gasteiger partial charge on any atom is 0.128 e. The predicted molar refractivity (Wildman–Crippen MR) is 91.3 cm³/mol. The van der Waals surface area contributed by atoms with E-state index in [1.54, 1.807) is 21.8 Å². The molecule has 112 valence electrons. The molecule has 2 aromatic rings. The molecule has 0 aliphatic rings. The Morgan fingerprint density at radius 1 is 1.00 bits per heavy atom. The summed E-state index contributed by atoms with van der Waals surface area (Å²) in [5, 5.41) is 7.79. The summed E-state index contributed by atoms with van der Waals surface area (Å²) in [6.45, 7) is 8.46. The molecule has 2 rings (SSSR count). The van der Waals surface area contributed by atoms with Gasteiger partial charge in [-0.2, -0.15) is 10.2 Å². The lowest BCUT2D eigenvalue weighted by Crippen LogP contribution is -2.15. The highest BCUT2D eigenvalue weighted by Gasteiger charge is 2.05. The van der Waals surface area contributed by atoms with Gasteiger partial charge in [-0.25, -0.2) is 0 Å². The second-order valence-corrected chi connectivity index (χ2v) is 10.4. The number of hydrogen-bond donors (Lipinski definition) is 0. The Labute approximate surface area is 129 Å². The molecule has 0 saturated heterocycles. The van der Waals surface area contributed by atoms with Crippen molar-refractivity contribution in [2.24, 2.45) is 14.1 Å². The summed E-state index contributed by atoms with van der Waals surface area (Å²) in [6.07, 6.45) is 17.4. The lowest BCUT2D eigenvalue weighted by molar-refractivity contribution is 0.767. The van der Waals surface area contributed by atoms with Gasteiger partial charge in [-0.1, -0.05) is 25.6 Å². The molecule has 0 unspecified atom stereocenters. The smallest absolute Gasteiger partial charge is 0.128 e. The molecule has 0 spiro atoms. The molecule has 0 bridgehead atoms. The fourth-order valence-corrected chi connectivity index (χ4v) is 1.04. The van der Waals surface area contributed by atoms with Gasteiger partial charge >= 0.3 is 0 Å². The normalized spacial score (nSPS) is 9.33. The maximum atomic E-state index is 5.12. The van der Waals surface area contributed by atoms with Crippen LogP contribution in [0.25, 0.3) is 0 Å². The van der Waals surface area contributed by atoms with Gasteiger partial charge in [0, 0.05) is 26.5 Å². The molecule has 0 aliphatic heterocycles. The van der Waals surface area contributed by atoms with E-state index in [1.165, 1.54) is 5.56 Å². The average Bonchev–Trinajstić information content (AvgIpc) is 2.98. The van der Waals surface area contributed by atoms with Gasteiger partial charge < -0.3 is 0 Å². The van der Waals surface area contributed by atoms with Gasteiger partial charge in [-0.05, 0) is 12.5 Å². The first kappa shape index (κ1) is 18.8. The molecular weight excluding hydrogens is 276 g/mol. The maximum absolute atomic E-state index is 5.12. The lowest BCUT2D eigenvalue weighted by atomic mass is 10.4. The Kier molecular flexibility index (Phi) is 7.89. The predicted octanol–water partition coefficient (Wildman–Crippen LogP) is 2.63. The van der Waals surface area contributed by atoms with Crippen LogP contribution in [0.4, 0.5) is 0 Å². The van der Waals surface area contributed by atoms with E-state index in [4.69, 9.17) is 12.8 Å². The molecular formula is C16H24N4Si. The van der Waals surface area contributed by atoms with E-state index >= 15 is 0 Å². The van der Waals surface area contributed by atoms with Gasteiger partial charge in [-0.3, -0.25) is 9.36 Å². The molecule has 0 N–H and O–H groups in total. The van der Waals surface area contributed by atoms with E-state index in [9.17, 15) is 0 Å². The van der Waals surface area contributed by atoms with Crippen molar-refractivity contribution in [1.82, 2.24) is 19.6 Å². The third-order valence-corrected chi connectivity index (χ3v) is 3.00. The highest BCUT2D eigenvalue weighted by Crippen LogP contribution is 1.94. The summed E-state index contributed by atoms with van der Waals surface area (Å²) in [6, 6.07) is 0. The van der Waals surface area contributed by atoms with Crippen LogP contribution in [0.1, 0.15) is 11.1 Å². The fourth-order valence-electron chi connectivity index (χ4n) is 1.04. The number of hydrogen-bond acceptors (Lipinski definition) is 2. The highest BCUT2D eigenvalue weighted by atomic mass is 28.3. The van der Waals surface area contributed by atoms with Gasteiger partial charge in [0.15, 0.2) is 0 Å². The summed E-state index contributed by atoms with van der Waals surface area (Å²) in [5.41, 5.74) is 4.78. The monoisotopic (exact) mass is 300 g/mol. The first-order valence-electron chi connectivity index (χ1n) is 6.56. The summed E-state index contributed by atoms with van der Waals surface area (Å²) in [5.74, 6) is 2.46. The molecule has 0 saturated carbocycles. The minimum absolute atomic E-state index is 0.826. The SMILES string of the molecule is C#C[Si](C)(C)C.C#Cc1cnn(C)c1.Cc1cnn(C)c1. The third kappa shape index (κ3) is 10.2. The number of rotatable bonds is 0. The van der Waals surface area contributed by atoms with Gasteiger partial charge in [0.2, 0.25) is 0 Å². The molecule has 0 aromatic carbocycles. The van der Waals surface area contributed by atoms with E-state index in [0.29, 0.717) is 0 Å². The largest absolute Gasteiger partial charge is 0.276 e. The molecule has 5 heteroatoms. The van der Waals surface area contributed by atoms with Crippen LogP contribution in [-0.4, -0.2) is 27.6 Å². The Bertz CT molecular complexity index is 601. The van der Waals surface area contributed by atoms with E-state index in [0.717, 1.165) is 5.56 Å². The third-order valence-electron chi connectivity index (χ3n) is 2.14. The van der Waals surface area contributed by atoms with Crippen molar-refractivity contribution in [3.63, 3.8) is 0 Å². The quantitative estimate of drug-likeness (QED) is 0.554. The van der Waals surface area contributed by atoms with Gasteiger partial charge in [0.25, 0.3) is 0 Å². The van der Waals surface area contributed by atoms with Gasteiger partial charge in [-0.15, -0.1) is 18.4 Å². The Hall–Kier alpha value is -2.24. The molecule has 0 aliphatic carbocycles. The zero-order chi connectivity index (χ0) is 16.5. The second-order valence-electron chi connectivity index (χ2n) is 5.63.